The van der Waals surface area contributed by atoms with Crippen molar-refractivity contribution in [3.05, 3.63) is 72.8 Å². The SMILES string of the molecule is Fc1cc(NC(c2cccs2)c2ccc(Cl)s2)ccc1Cl. The summed E-state index contributed by atoms with van der Waals surface area (Å²) >= 11 is 14.9. The molecule has 0 bridgehead atoms. The van der Waals surface area contributed by atoms with Crippen molar-refractivity contribution < 1.29 is 4.39 Å². The molecule has 3 aromatic rings. The molecule has 0 aliphatic rings. The summed E-state index contributed by atoms with van der Waals surface area (Å²) in [6, 6.07) is 12.5. The van der Waals surface area contributed by atoms with Gasteiger partial charge in [0.1, 0.15) is 5.82 Å². The molecule has 0 aliphatic carbocycles. The Morgan fingerprint density at radius 3 is 2.52 bits per heavy atom. The van der Waals surface area contributed by atoms with E-state index in [4.69, 9.17) is 23.2 Å². The van der Waals surface area contributed by atoms with E-state index in [-0.39, 0.29) is 11.1 Å². The third-order valence-corrected chi connectivity index (χ3v) is 5.48. The molecule has 0 fully saturated rings. The highest BCUT2D eigenvalue weighted by atomic mass is 35.5. The molecule has 108 valence electrons. The van der Waals surface area contributed by atoms with Gasteiger partial charge in [0.25, 0.3) is 0 Å². The quantitative estimate of drug-likeness (QED) is 0.565. The van der Waals surface area contributed by atoms with Crippen molar-refractivity contribution in [3.8, 4) is 0 Å². The Morgan fingerprint density at radius 1 is 1.05 bits per heavy atom. The van der Waals surface area contributed by atoms with Crippen LogP contribution in [0.1, 0.15) is 15.8 Å². The first-order chi connectivity index (χ1) is 10.1. The zero-order valence-electron chi connectivity index (χ0n) is 10.6. The molecule has 1 atom stereocenters. The normalized spacial score (nSPS) is 12.3. The molecular weight excluding hydrogens is 348 g/mol. The van der Waals surface area contributed by atoms with Gasteiger partial charge in [-0.05, 0) is 41.8 Å². The fraction of sp³-hybridized carbons (Fsp3) is 0.0667. The van der Waals surface area contributed by atoms with Crippen LogP contribution in [0.25, 0.3) is 0 Å². The first-order valence-corrected chi connectivity index (χ1v) is 8.59. The van der Waals surface area contributed by atoms with Crippen LogP contribution in [0, 0.1) is 5.82 Å². The van der Waals surface area contributed by atoms with Gasteiger partial charge in [-0.15, -0.1) is 22.7 Å². The number of hydrogen-bond donors (Lipinski definition) is 1. The highest BCUT2D eigenvalue weighted by molar-refractivity contribution is 7.16. The largest absolute Gasteiger partial charge is 0.373 e. The van der Waals surface area contributed by atoms with Gasteiger partial charge in [-0.2, -0.15) is 0 Å². The Bertz CT molecular complexity index is 740. The maximum atomic E-state index is 13.6. The second kappa shape index (κ2) is 6.36. The molecule has 1 N–H and O–H groups in total. The molecule has 1 unspecified atom stereocenters. The third-order valence-electron chi connectivity index (χ3n) is 2.94. The molecule has 0 radical (unpaired) electrons. The summed E-state index contributed by atoms with van der Waals surface area (Å²) in [5.41, 5.74) is 0.680. The third kappa shape index (κ3) is 3.40. The first kappa shape index (κ1) is 14.9. The zero-order valence-corrected chi connectivity index (χ0v) is 13.8. The summed E-state index contributed by atoms with van der Waals surface area (Å²) < 4.78 is 14.3. The lowest BCUT2D eigenvalue weighted by atomic mass is 10.2. The molecule has 6 heteroatoms. The van der Waals surface area contributed by atoms with Crippen LogP contribution in [-0.4, -0.2) is 0 Å². The standard InChI is InChI=1S/C15H10Cl2FNS2/c16-10-4-3-9(8-11(10)18)19-15(12-2-1-7-20-12)13-5-6-14(17)21-13/h1-8,15,19H. The van der Waals surface area contributed by atoms with E-state index in [1.807, 2.05) is 29.6 Å². The van der Waals surface area contributed by atoms with Gasteiger partial charge in [-0.3, -0.25) is 0 Å². The fourth-order valence-corrected chi connectivity index (χ4v) is 4.09. The lowest BCUT2D eigenvalue weighted by Crippen LogP contribution is -2.09. The summed E-state index contributed by atoms with van der Waals surface area (Å²) in [6.45, 7) is 0. The minimum atomic E-state index is -0.434. The van der Waals surface area contributed by atoms with E-state index in [1.165, 1.54) is 17.4 Å². The van der Waals surface area contributed by atoms with E-state index in [0.717, 1.165) is 14.1 Å². The molecule has 2 heterocycles. The van der Waals surface area contributed by atoms with E-state index in [2.05, 4.69) is 5.32 Å². The van der Waals surface area contributed by atoms with Gasteiger partial charge in [-0.25, -0.2) is 4.39 Å². The second-order valence-corrected chi connectivity index (χ2v) is 7.50. The molecule has 0 spiro atoms. The highest BCUT2D eigenvalue weighted by Gasteiger charge is 2.17. The number of benzene rings is 1. The first-order valence-electron chi connectivity index (χ1n) is 6.14. The average molecular weight is 358 g/mol. The Balaban J connectivity index is 1.94. The predicted molar refractivity (Wildman–Crippen MR) is 90.5 cm³/mol. The topological polar surface area (TPSA) is 12.0 Å². The number of halogens is 3. The molecule has 0 amide bonds. The number of anilines is 1. The number of nitrogens with one attached hydrogen (secondary N) is 1. The predicted octanol–water partition coefficient (Wildman–Crippen LogP) is 6.46. The van der Waals surface area contributed by atoms with E-state index < -0.39 is 5.82 Å². The van der Waals surface area contributed by atoms with Gasteiger partial charge in [0, 0.05) is 15.4 Å². The van der Waals surface area contributed by atoms with Crippen molar-refractivity contribution in [2.24, 2.45) is 0 Å². The summed E-state index contributed by atoms with van der Waals surface area (Å²) in [6.07, 6.45) is 0. The number of thiophene rings is 2. The molecule has 1 aromatic carbocycles. The Hall–Kier alpha value is -1.07. The fourth-order valence-electron chi connectivity index (χ4n) is 1.97. The summed E-state index contributed by atoms with van der Waals surface area (Å²) in [4.78, 5) is 2.22. The van der Waals surface area contributed by atoms with Crippen LogP contribution in [0.5, 0.6) is 0 Å². The van der Waals surface area contributed by atoms with Crippen LogP contribution in [0.4, 0.5) is 10.1 Å². The Kier molecular flexibility index (Phi) is 4.50. The van der Waals surface area contributed by atoms with E-state index in [9.17, 15) is 4.39 Å². The lowest BCUT2D eigenvalue weighted by Gasteiger charge is -2.17. The monoisotopic (exact) mass is 357 g/mol. The second-order valence-electron chi connectivity index (χ2n) is 4.36. The summed E-state index contributed by atoms with van der Waals surface area (Å²) in [5.74, 6) is -0.434. The average Bonchev–Trinajstić information content (AvgIpc) is 3.11. The molecule has 0 saturated carbocycles. The molecule has 0 aliphatic heterocycles. The van der Waals surface area contributed by atoms with Crippen LogP contribution in [0.2, 0.25) is 9.36 Å². The number of rotatable bonds is 4. The van der Waals surface area contributed by atoms with Crippen molar-refractivity contribution >= 4 is 51.6 Å². The van der Waals surface area contributed by atoms with Crippen LogP contribution in [0.3, 0.4) is 0 Å². The molecule has 2 aromatic heterocycles. The summed E-state index contributed by atoms with van der Waals surface area (Å²) in [7, 11) is 0. The zero-order chi connectivity index (χ0) is 14.8. The maximum absolute atomic E-state index is 13.6. The van der Waals surface area contributed by atoms with Gasteiger partial charge in [-0.1, -0.05) is 29.3 Å². The summed E-state index contributed by atoms with van der Waals surface area (Å²) in [5, 5.41) is 5.48. The van der Waals surface area contributed by atoms with Crippen LogP contribution >= 0.6 is 45.9 Å². The van der Waals surface area contributed by atoms with Gasteiger partial charge in [0.15, 0.2) is 0 Å². The molecule has 3 rings (SSSR count). The van der Waals surface area contributed by atoms with Crippen molar-refractivity contribution in [3.63, 3.8) is 0 Å². The van der Waals surface area contributed by atoms with Gasteiger partial charge in [0.05, 0.1) is 15.4 Å². The van der Waals surface area contributed by atoms with E-state index >= 15 is 0 Å². The smallest absolute Gasteiger partial charge is 0.143 e. The molecule has 21 heavy (non-hydrogen) atoms. The van der Waals surface area contributed by atoms with Crippen molar-refractivity contribution in [2.45, 2.75) is 6.04 Å². The maximum Gasteiger partial charge on any atom is 0.143 e. The van der Waals surface area contributed by atoms with Gasteiger partial charge in [0.2, 0.25) is 0 Å². The van der Waals surface area contributed by atoms with Gasteiger partial charge >= 0.3 is 0 Å². The molecular formula is C15H10Cl2FNS2. The van der Waals surface area contributed by atoms with Crippen LogP contribution in [0.15, 0.2) is 47.8 Å². The lowest BCUT2D eigenvalue weighted by molar-refractivity contribution is 0.628. The molecule has 0 saturated heterocycles. The van der Waals surface area contributed by atoms with Crippen LogP contribution in [-0.2, 0) is 0 Å². The van der Waals surface area contributed by atoms with Gasteiger partial charge < -0.3 is 5.32 Å². The van der Waals surface area contributed by atoms with E-state index in [0.29, 0.717) is 5.69 Å². The minimum absolute atomic E-state index is 0.0527. The Morgan fingerprint density at radius 2 is 1.90 bits per heavy atom. The van der Waals surface area contributed by atoms with E-state index in [1.54, 1.807) is 23.5 Å². The number of hydrogen-bond acceptors (Lipinski definition) is 3. The van der Waals surface area contributed by atoms with Crippen molar-refractivity contribution in [2.75, 3.05) is 5.32 Å². The highest BCUT2D eigenvalue weighted by Crippen LogP contribution is 2.35. The van der Waals surface area contributed by atoms with Crippen molar-refractivity contribution in [1.29, 1.82) is 0 Å². The molecule has 1 nitrogen and oxygen atoms in total. The minimum Gasteiger partial charge on any atom is -0.373 e. The Labute approximate surface area is 140 Å². The van der Waals surface area contributed by atoms with Crippen LogP contribution < -0.4 is 5.32 Å². The van der Waals surface area contributed by atoms with Crippen molar-refractivity contribution in [1.82, 2.24) is 0 Å².